The number of nitrogens with one attached hydrogen (secondary N) is 1. The number of hydrogen-bond acceptors (Lipinski definition) is 3. The quantitative estimate of drug-likeness (QED) is 0.866. The van der Waals surface area contributed by atoms with E-state index in [1.807, 2.05) is 11.7 Å². The molecule has 2 heterocycles. The van der Waals surface area contributed by atoms with Gasteiger partial charge in [-0.2, -0.15) is 5.10 Å². The molecule has 2 rings (SSSR count). The van der Waals surface area contributed by atoms with E-state index in [-0.39, 0.29) is 12.1 Å². The van der Waals surface area contributed by atoms with Gasteiger partial charge in [0.25, 0.3) is 0 Å². The molecule has 0 aliphatic carbocycles. The van der Waals surface area contributed by atoms with E-state index in [4.69, 9.17) is 23.2 Å². The van der Waals surface area contributed by atoms with Crippen LogP contribution in [0.4, 0.5) is 0 Å². The predicted octanol–water partition coefficient (Wildman–Crippen LogP) is 4.24. The van der Waals surface area contributed by atoms with Gasteiger partial charge in [0, 0.05) is 12.2 Å². The molecule has 0 aromatic carbocycles. The van der Waals surface area contributed by atoms with Gasteiger partial charge in [-0.15, -0.1) is 0 Å². The molecule has 1 atom stereocenters. The molecule has 1 unspecified atom stereocenters. The van der Waals surface area contributed by atoms with Crippen LogP contribution in [-0.4, -0.2) is 21.8 Å². The standard InChI is InChI=1S/C13H15BrCl2N4/c1-7(2)20-13(9(14)6-19-20)12(17-3)11-10(16)4-8(15)5-18-11/h4-7,12,17H,1-3H3. The second kappa shape index (κ2) is 6.43. The number of halogens is 3. The van der Waals surface area contributed by atoms with Crippen LogP contribution < -0.4 is 5.32 Å². The predicted molar refractivity (Wildman–Crippen MR) is 85.5 cm³/mol. The van der Waals surface area contributed by atoms with Gasteiger partial charge in [0.2, 0.25) is 0 Å². The Bertz CT molecular complexity index is 612. The fourth-order valence-corrected chi connectivity index (χ4v) is 3.06. The summed E-state index contributed by atoms with van der Waals surface area (Å²) in [5.41, 5.74) is 1.71. The van der Waals surface area contributed by atoms with Crippen molar-refractivity contribution >= 4 is 39.1 Å². The SMILES string of the molecule is CNC(c1ncc(Cl)cc1Cl)c1c(Br)cnn1C(C)C. The summed E-state index contributed by atoms with van der Waals surface area (Å²) in [6.45, 7) is 4.15. The number of aromatic nitrogens is 3. The lowest BCUT2D eigenvalue weighted by Crippen LogP contribution is -2.24. The van der Waals surface area contributed by atoms with Crippen molar-refractivity contribution in [3.05, 3.63) is 44.4 Å². The summed E-state index contributed by atoms with van der Waals surface area (Å²) in [6.07, 6.45) is 3.38. The zero-order valence-electron chi connectivity index (χ0n) is 11.4. The molecule has 0 fully saturated rings. The van der Waals surface area contributed by atoms with Crippen molar-refractivity contribution in [2.45, 2.75) is 25.9 Å². The summed E-state index contributed by atoms with van der Waals surface area (Å²) in [4.78, 5) is 4.36. The molecule has 0 aliphatic rings. The van der Waals surface area contributed by atoms with E-state index >= 15 is 0 Å². The molecule has 2 aromatic heterocycles. The average Bonchev–Trinajstić information content (AvgIpc) is 2.75. The van der Waals surface area contributed by atoms with Crippen LogP contribution in [0.25, 0.3) is 0 Å². The van der Waals surface area contributed by atoms with Crippen molar-refractivity contribution in [3.8, 4) is 0 Å². The first kappa shape index (κ1) is 15.8. The smallest absolute Gasteiger partial charge is 0.0946 e. The van der Waals surface area contributed by atoms with Gasteiger partial charge in [-0.3, -0.25) is 9.67 Å². The Morgan fingerprint density at radius 2 is 2.00 bits per heavy atom. The maximum Gasteiger partial charge on any atom is 0.0946 e. The Morgan fingerprint density at radius 1 is 1.30 bits per heavy atom. The summed E-state index contributed by atoms with van der Waals surface area (Å²) in [7, 11) is 1.86. The van der Waals surface area contributed by atoms with E-state index in [0.29, 0.717) is 10.0 Å². The third-order valence-electron chi connectivity index (χ3n) is 2.95. The summed E-state index contributed by atoms with van der Waals surface area (Å²) in [6, 6.07) is 1.76. The van der Waals surface area contributed by atoms with Crippen LogP contribution >= 0.6 is 39.1 Å². The molecule has 2 aromatic rings. The summed E-state index contributed by atoms with van der Waals surface area (Å²) in [5.74, 6) is 0. The van der Waals surface area contributed by atoms with Crippen LogP contribution in [0.5, 0.6) is 0 Å². The fourth-order valence-electron chi connectivity index (χ4n) is 2.07. The maximum absolute atomic E-state index is 6.27. The van der Waals surface area contributed by atoms with Crippen LogP contribution in [0.15, 0.2) is 22.9 Å². The molecule has 7 heteroatoms. The van der Waals surface area contributed by atoms with E-state index < -0.39 is 0 Å². The Morgan fingerprint density at radius 3 is 2.55 bits per heavy atom. The number of rotatable bonds is 4. The number of hydrogen-bond donors (Lipinski definition) is 1. The zero-order valence-corrected chi connectivity index (χ0v) is 14.5. The lowest BCUT2D eigenvalue weighted by atomic mass is 10.1. The number of pyridine rings is 1. The topological polar surface area (TPSA) is 42.7 Å². The van der Waals surface area contributed by atoms with E-state index in [2.05, 4.69) is 45.2 Å². The minimum atomic E-state index is -0.168. The van der Waals surface area contributed by atoms with Gasteiger partial charge in [-0.05, 0) is 42.9 Å². The van der Waals surface area contributed by atoms with Gasteiger partial charge in [0.15, 0.2) is 0 Å². The summed E-state index contributed by atoms with van der Waals surface area (Å²) in [5, 5.41) is 8.67. The maximum atomic E-state index is 6.27. The second-order valence-corrected chi connectivity index (χ2v) is 6.36. The van der Waals surface area contributed by atoms with Crippen molar-refractivity contribution in [1.82, 2.24) is 20.1 Å². The van der Waals surface area contributed by atoms with E-state index in [0.717, 1.165) is 15.9 Å². The van der Waals surface area contributed by atoms with E-state index in [9.17, 15) is 0 Å². The molecule has 20 heavy (non-hydrogen) atoms. The monoisotopic (exact) mass is 376 g/mol. The third kappa shape index (κ3) is 3.01. The van der Waals surface area contributed by atoms with Crippen molar-refractivity contribution < 1.29 is 0 Å². The lowest BCUT2D eigenvalue weighted by Gasteiger charge is -2.21. The molecule has 0 amide bonds. The highest BCUT2D eigenvalue weighted by molar-refractivity contribution is 9.10. The molecule has 4 nitrogen and oxygen atoms in total. The van der Waals surface area contributed by atoms with Gasteiger partial charge in [0.05, 0.1) is 38.1 Å². The van der Waals surface area contributed by atoms with Crippen molar-refractivity contribution in [2.24, 2.45) is 0 Å². The van der Waals surface area contributed by atoms with Gasteiger partial charge in [-0.1, -0.05) is 23.2 Å². The molecule has 0 bridgehead atoms. The molecule has 0 saturated heterocycles. The highest BCUT2D eigenvalue weighted by Gasteiger charge is 2.24. The van der Waals surface area contributed by atoms with Crippen LogP contribution in [-0.2, 0) is 0 Å². The Kier molecular flexibility index (Phi) is 5.07. The Balaban J connectivity index is 2.55. The minimum Gasteiger partial charge on any atom is -0.307 e. The van der Waals surface area contributed by atoms with Crippen molar-refractivity contribution in [2.75, 3.05) is 7.05 Å². The molecule has 1 N–H and O–H groups in total. The highest BCUT2D eigenvalue weighted by Crippen LogP contribution is 2.33. The minimum absolute atomic E-state index is 0.168. The molecular weight excluding hydrogens is 363 g/mol. The van der Waals surface area contributed by atoms with Crippen molar-refractivity contribution in [3.63, 3.8) is 0 Å². The molecule has 0 radical (unpaired) electrons. The average molecular weight is 378 g/mol. The Labute approximate surface area is 136 Å². The fraction of sp³-hybridized carbons (Fsp3) is 0.385. The normalized spacial score (nSPS) is 12.9. The molecule has 0 spiro atoms. The van der Waals surface area contributed by atoms with E-state index in [1.54, 1.807) is 18.5 Å². The third-order valence-corrected chi connectivity index (χ3v) is 4.07. The molecule has 108 valence electrons. The van der Waals surface area contributed by atoms with Crippen LogP contribution in [0.2, 0.25) is 10.0 Å². The van der Waals surface area contributed by atoms with Gasteiger partial charge < -0.3 is 5.32 Å². The zero-order chi connectivity index (χ0) is 14.9. The number of nitrogens with zero attached hydrogens (tertiary/aromatic N) is 3. The first-order valence-corrected chi connectivity index (χ1v) is 7.71. The van der Waals surface area contributed by atoms with Crippen molar-refractivity contribution in [1.29, 1.82) is 0 Å². The lowest BCUT2D eigenvalue weighted by molar-refractivity contribution is 0.480. The largest absolute Gasteiger partial charge is 0.307 e. The van der Waals surface area contributed by atoms with Crippen LogP contribution in [0, 0.1) is 0 Å². The van der Waals surface area contributed by atoms with Gasteiger partial charge in [0.1, 0.15) is 0 Å². The Hall–Kier alpha value is -0.620. The van der Waals surface area contributed by atoms with Crippen LogP contribution in [0.3, 0.4) is 0 Å². The molecule has 0 saturated carbocycles. The summed E-state index contributed by atoms with van der Waals surface area (Å²) >= 11 is 15.7. The van der Waals surface area contributed by atoms with E-state index in [1.165, 1.54) is 0 Å². The highest BCUT2D eigenvalue weighted by atomic mass is 79.9. The molecule has 0 aliphatic heterocycles. The first-order valence-electron chi connectivity index (χ1n) is 6.16. The summed E-state index contributed by atoms with van der Waals surface area (Å²) < 4.78 is 2.86. The van der Waals surface area contributed by atoms with Gasteiger partial charge in [-0.25, -0.2) is 0 Å². The van der Waals surface area contributed by atoms with Gasteiger partial charge >= 0.3 is 0 Å². The van der Waals surface area contributed by atoms with Crippen LogP contribution in [0.1, 0.15) is 37.3 Å². The molecular formula is C13H15BrCl2N4. The second-order valence-electron chi connectivity index (χ2n) is 4.66. The first-order chi connectivity index (χ1) is 9.45.